The van der Waals surface area contributed by atoms with E-state index < -0.39 is 0 Å². The van der Waals surface area contributed by atoms with Gasteiger partial charge in [0.1, 0.15) is 5.75 Å². The van der Waals surface area contributed by atoms with Crippen molar-refractivity contribution in [1.29, 1.82) is 0 Å². The molecule has 0 saturated carbocycles. The molecule has 5 heteroatoms. The van der Waals surface area contributed by atoms with Crippen LogP contribution in [0.15, 0.2) is 45.7 Å². The van der Waals surface area contributed by atoms with Gasteiger partial charge in [-0.2, -0.15) is 0 Å². The number of benzene rings is 1. The fraction of sp³-hybridized carbons (Fsp3) is 0.231. The Morgan fingerprint density at radius 1 is 1.44 bits per heavy atom. The summed E-state index contributed by atoms with van der Waals surface area (Å²) < 4.78 is 11.2. The molecule has 0 radical (unpaired) electrons. The molecule has 0 aliphatic rings. The zero-order valence-electron chi connectivity index (χ0n) is 10.0. The summed E-state index contributed by atoms with van der Waals surface area (Å²) in [5.74, 6) is 6.40. The predicted molar refractivity (Wildman–Crippen MR) is 73.2 cm³/mol. The smallest absolute Gasteiger partial charge is 0.133 e. The Bertz CT molecular complexity index is 500. The molecule has 4 nitrogen and oxygen atoms in total. The van der Waals surface area contributed by atoms with E-state index in [0.29, 0.717) is 0 Å². The minimum Gasteiger partial charge on any atom is -0.496 e. The summed E-state index contributed by atoms with van der Waals surface area (Å²) in [6.07, 6.45) is 4.12. The van der Waals surface area contributed by atoms with Gasteiger partial charge in [-0.1, -0.05) is 6.07 Å². The predicted octanol–water partition coefficient (Wildman–Crippen LogP) is 2.80. The van der Waals surface area contributed by atoms with Crippen molar-refractivity contribution in [3.8, 4) is 5.75 Å². The summed E-state index contributed by atoms with van der Waals surface area (Å²) in [4.78, 5) is 0. The van der Waals surface area contributed by atoms with Crippen LogP contribution in [0.2, 0.25) is 0 Å². The lowest BCUT2D eigenvalue weighted by Crippen LogP contribution is -2.29. The van der Waals surface area contributed by atoms with Gasteiger partial charge in [0.05, 0.1) is 30.2 Å². The highest BCUT2D eigenvalue weighted by molar-refractivity contribution is 9.10. The normalized spacial score (nSPS) is 12.4. The van der Waals surface area contributed by atoms with Gasteiger partial charge in [0, 0.05) is 5.56 Å². The van der Waals surface area contributed by atoms with Crippen molar-refractivity contribution in [1.82, 2.24) is 5.43 Å². The van der Waals surface area contributed by atoms with Gasteiger partial charge in [-0.3, -0.25) is 11.3 Å². The Morgan fingerprint density at radius 2 is 2.28 bits per heavy atom. The molecule has 1 unspecified atom stereocenters. The van der Waals surface area contributed by atoms with Crippen LogP contribution < -0.4 is 16.0 Å². The highest BCUT2D eigenvalue weighted by Gasteiger charge is 2.12. The fourth-order valence-corrected chi connectivity index (χ4v) is 2.41. The maximum absolute atomic E-state index is 5.58. The monoisotopic (exact) mass is 310 g/mol. The maximum atomic E-state index is 5.58. The maximum Gasteiger partial charge on any atom is 0.133 e. The molecule has 18 heavy (non-hydrogen) atoms. The van der Waals surface area contributed by atoms with Crippen LogP contribution in [0.25, 0.3) is 0 Å². The SMILES string of the molecule is COc1ccc(CC(NN)c2ccoc2)cc1Br. The van der Waals surface area contributed by atoms with Crippen molar-refractivity contribution in [3.05, 3.63) is 52.4 Å². The molecule has 2 rings (SSSR count). The van der Waals surface area contributed by atoms with Crippen LogP contribution in [0, 0.1) is 0 Å². The van der Waals surface area contributed by atoms with E-state index in [-0.39, 0.29) is 6.04 Å². The number of nitrogens with one attached hydrogen (secondary N) is 1. The Balaban J connectivity index is 2.15. The van der Waals surface area contributed by atoms with Crippen LogP contribution in [0.5, 0.6) is 5.75 Å². The second kappa shape index (κ2) is 6.04. The van der Waals surface area contributed by atoms with E-state index in [9.17, 15) is 0 Å². The molecule has 1 heterocycles. The van der Waals surface area contributed by atoms with Crippen molar-refractivity contribution >= 4 is 15.9 Å². The van der Waals surface area contributed by atoms with Gasteiger partial charge >= 0.3 is 0 Å². The van der Waals surface area contributed by atoms with E-state index in [1.54, 1.807) is 19.6 Å². The standard InChI is InChI=1S/C13H15BrN2O2/c1-17-13-3-2-9(6-11(13)14)7-12(16-15)10-4-5-18-8-10/h2-6,8,12,16H,7,15H2,1H3. The minimum atomic E-state index is 0.0315. The van der Waals surface area contributed by atoms with E-state index in [2.05, 4.69) is 21.4 Å². The number of methoxy groups -OCH3 is 1. The number of nitrogens with two attached hydrogens (primary N) is 1. The van der Waals surface area contributed by atoms with Crippen LogP contribution in [-0.4, -0.2) is 7.11 Å². The first-order valence-corrected chi connectivity index (χ1v) is 6.34. The van der Waals surface area contributed by atoms with Crippen LogP contribution in [0.3, 0.4) is 0 Å². The summed E-state index contributed by atoms with van der Waals surface area (Å²) in [6.45, 7) is 0. The van der Waals surface area contributed by atoms with Crippen molar-refractivity contribution in [2.75, 3.05) is 7.11 Å². The molecule has 0 spiro atoms. The van der Waals surface area contributed by atoms with Gasteiger partial charge in [0.15, 0.2) is 0 Å². The third-order valence-corrected chi connectivity index (χ3v) is 3.42. The Morgan fingerprint density at radius 3 is 2.83 bits per heavy atom. The second-order valence-electron chi connectivity index (χ2n) is 3.95. The largest absolute Gasteiger partial charge is 0.496 e. The highest BCUT2D eigenvalue weighted by atomic mass is 79.9. The van der Waals surface area contributed by atoms with Crippen LogP contribution in [-0.2, 0) is 6.42 Å². The molecular formula is C13H15BrN2O2. The number of rotatable bonds is 5. The zero-order valence-corrected chi connectivity index (χ0v) is 11.6. The van der Waals surface area contributed by atoms with Crippen LogP contribution >= 0.6 is 15.9 Å². The van der Waals surface area contributed by atoms with Crippen molar-refractivity contribution in [3.63, 3.8) is 0 Å². The molecule has 1 atom stereocenters. The fourth-order valence-electron chi connectivity index (χ4n) is 1.82. The molecule has 0 saturated heterocycles. The summed E-state index contributed by atoms with van der Waals surface area (Å²) >= 11 is 3.47. The molecule has 0 fully saturated rings. The lowest BCUT2D eigenvalue weighted by Gasteiger charge is -2.14. The number of ether oxygens (including phenoxy) is 1. The number of hydrazine groups is 1. The summed E-state index contributed by atoms with van der Waals surface area (Å²) in [6, 6.07) is 7.92. The van der Waals surface area contributed by atoms with Crippen molar-refractivity contribution in [2.24, 2.45) is 5.84 Å². The van der Waals surface area contributed by atoms with Crippen molar-refractivity contribution in [2.45, 2.75) is 12.5 Å². The Hall–Kier alpha value is -1.30. The Labute approximate surface area is 114 Å². The van der Waals surface area contributed by atoms with Crippen LogP contribution in [0.4, 0.5) is 0 Å². The number of hydrogen-bond acceptors (Lipinski definition) is 4. The van der Waals surface area contributed by atoms with Gasteiger partial charge < -0.3 is 9.15 Å². The molecule has 96 valence electrons. The minimum absolute atomic E-state index is 0.0315. The van der Waals surface area contributed by atoms with Gasteiger partial charge in [-0.25, -0.2) is 0 Å². The quantitative estimate of drug-likeness (QED) is 0.658. The molecule has 3 N–H and O–H groups in total. The van der Waals surface area contributed by atoms with Gasteiger partial charge in [-0.05, 0) is 46.1 Å². The molecule has 1 aromatic heterocycles. The number of hydrogen-bond donors (Lipinski definition) is 2. The molecule has 0 amide bonds. The summed E-state index contributed by atoms with van der Waals surface area (Å²) in [5.41, 5.74) is 4.99. The zero-order chi connectivity index (χ0) is 13.0. The summed E-state index contributed by atoms with van der Waals surface area (Å²) in [7, 11) is 1.65. The lowest BCUT2D eigenvalue weighted by atomic mass is 10.0. The summed E-state index contributed by atoms with van der Waals surface area (Å²) in [5, 5.41) is 0. The molecule has 1 aromatic carbocycles. The van der Waals surface area contributed by atoms with Crippen LogP contribution in [0.1, 0.15) is 17.2 Å². The van der Waals surface area contributed by atoms with Crippen molar-refractivity contribution < 1.29 is 9.15 Å². The average Bonchev–Trinajstić information content (AvgIpc) is 2.90. The molecule has 0 aliphatic carbocycles. The van der Waals surface area contributed by atoms with Gasteiger partial charge in [-0.15, -0.1) is 0 Å². The topological polar surface area (TPSA) is 60.4 Å². The molecular weight excluding hydrogens is 296 g/mol. The molecule has 0 aliphatic heterocycles. The number of furan rings is 1. The third kappa shape index (κ3) is 2.93. The molecule has 0 bridgehead atoms. The highest BCUT2D eigenvalue weighted by Crippen LogP contribution is 2.27. The van der Waals surface area contributed by atoms with E-state index in [0.717, 1.165) is 27.8 Å². The second-order valence-corrected chi connectivity index (χ2v) is 4.80. The third-order valence-electron chi connectivity index (χ3n) is 2.80. The Kier molecular flexibility index (Phi) is 4.41. The number of halogens is 1. The van der Waals surface area contributed by atoms with E-state index in [4.69, 9.17) is 15.0 Å². The lowest BCUT2D eigenvalue weighted by molar-refractivity contribution is 0.412. The van der Waals surface area contributed by atoms with E-state index >= 15 is 0 Å². The first kappa shape index (κ1) is 13.1. The first-order chi connectivity index (χ1) is 8.74. The average molecular weight is 311 g/mol. The van der Waals surface area contributed by atoms with E-state index in [1.165, 1.54) is 0 Å². The van der Waals surface area contributed by atoms with Gasteiger partial charge in [0.25, 0.3) is 0 Å². The first-order valence-electron chi connectivity index (χ1n) is 5.55. The molecule has 2 aromatic rings. The van der Waals surface area contributed by atoms with E-state index in [1.807, 2.05) is 24.3 Å². The van der Waals surface area contributed by atoms with Gasteiger partial charge in [0.2, 0.25) is 0 Å².